The molecule has 0 radical (unpaired) electrons. The Kier molecular flexibility index (Phi) is 8.55. The number of anilines is 2. The molecule has 1 aliphatic heterocycles. The fourth-order valence-electron chi connectivity index (χ4n) is 4.32. The monoisotopic (exact) mass is 540 g/mol. The van der Waals surface area contributed by atoms with Gasteiger partial charge in [0.05, 0.1) is 36.4 Å². The van der Waals surface area contributed by atoms with Crippen LogP contribution in [0.1, 0.15) is 6.92 Å². The number of rotatable bonds is 8. The Morgan fingerprint density at radius 2 is 1.68 bits per heavy atom. The van der Waals surface area contributed by atoms with E-state index in [4.69, 9.17) is 16.3 Å². The van der Waals surface area contributed by atoms with E-state index in [0.717, 1.165) is 6.07 Å². The van der Waals surface area contributed by atoms with Crippen LogP contribution in [-0.2, 0) is 19.1 Å². The highest BCUT2D eigenvalue weighted by molar-refractivity contribution is 6.30. The summed E-state index contributed by atoms with van der Waals surface area (Å²) in [5.41, 5.74) is 0.377. The van der Waals surface area contributed by atoms with E-state index in [-0.39, 0.29) is 37.5 Å². The van der Waals surface area contributed by atoms with Crippen LogP contribution in [0.3, 0.4) is 0 Å². The molecular weight excluding hydrogens is 515 g/mol. The van der Waals surface area contributed by atoms with Crippen molar-refractivity contribution in [1.82, 2.24) is 9.47 Å². The van der Waals surface area contributed by atoms with Crippen molar-refractivity contribution in [3.63, 3.8) is 0 Å². The fraction of sp³-hybridized carbons (Fsp3) is 0.259. The summed E-state index contributed by atoms with van der Waals surface area (Å²) >= 11 is 5.91. The molecule has 1 aliphatic rings. The summed E-state index contributed by atoms with van der Waals surface area (Å²) in [4.78, 5) is 52.2. The number of pyridine rings is 1. The number of hydrogen-bond donors (Lipinski definition) is 2. The molecule has 1 fully saturated rings. The number of hydrogen-bond acceptors (Lipinski definition) is 6. The zero-order chi connectivity index (χ0) is 27.2. The quantitative estimate of drug-likeness (QED) is 0.424. The molecule has 0 bridgehead atoms. The second kappa shape index (κ2) is 12.0. The van der Waals surface area contributed by atoms with Gasteiger partial charge in [-0.05, 0) is 49.4 Å². The molecule has 2 aromatic carbocycles. The second-order valence-electron chi connectivity index (χ2n) is 8.77. The van der Waals surface area contributed by atoms with E-state index >= 15 is 0 Å². The molecular formula is C27H26ClFN4O5. The van der Waals surface area contributed by atoms with Gasteiger partial charge in [0.25, 0.3) is 5.56 Å². The van der Waals surface area contributed by atoms with Crippen LogP contribution in [0, 0.1) is 17.7 Å². The number of halogens is 2. The first-order valence-corrected chi connectivity index (χ1v) is 12.4. The largest absolute Gasteiger partial charge is 0.465 e. The predicted octanol–water partition coefficient (Wildman–Crippen LogP) is 3.32. The van der Waals surface area contributed by atoms with Gasteiger partial charge in [-0.1, -0.05) is 17.7 Å². The lowest BCUT2D eigenvalue weighted by molar-refractivity contribution is -0.144. The van der Waals surface area contributed by atoms with Crippen molar-refractivity contribution in [2.45, 2.75) is 6.92 Å². The summed E-state index contributed by atoms with van der Waals surface area (Å²) in [5, 5.41) is 5.84. The van der Waals surface area contributed by atoms with Gasteiger partial charge in [-0.3, -0.25) is 28.6 Å². The molecule has 198 valence electrons. The average molecular weight is 541 g/mol. The van der Waals surface area contributed by atoms with Gasteiger partial charge in [-0.15, -0.1) is 0 Å². The first-order chi connectivity index (χ1) is 18.2. The van der Waals surface area contributed by atoms with Crippen molar-refractivity contribution in [1.29, 1.82) is 0 Å². The van der Waals surface area contributed by atoms with Gasteiger partial charge in [-0.25, -0.2) is 4.39 Å². The Bertz CT molecular complexity index is 1390. The summed E-state index contributed by atoms with van der Waals surface area (Å²) in [6.07, 6.45) is 1.51. The van der Waals surface area contributed by atoms with Crippen LogP contribution < -0.4 is 16.2 Å². The summed E-state index contributed by atoms with van der Waals surface area (Å²) in [6.45, 7) is 2.05. The summed E-state index contributed by atoms with van der Waals surface area (Å²) < 4.78 is 21.2. The van der Waals surface area contributed by atoms with Crippen LogP contribution in [0.2, 0.25) is 5.02 Å². The molecule has 0 saturated carbocycles. The Morgan fingerprint density at radius 3 is 2.32 bits per heavy atom. The van der Waals surface area contributed by atoms with E-state index in [2.05, 4.69) is 10.6 Å². The predicted molar refractivity (Wildman–Crippen MR) is 141 cm³/mol. The van der Waals surface area contributed by atoms with Gasteiger partial charge in [0.15, 0.2) is 0 Å². The third-order valence-electron chi connectivity index (χ3n) is 6.15. The summed E-state index contributed by atoms with van der Waals surface area (Å²) in [6, 6.07) is 15.1. The van der Waals surface area contributed by atoms with E-state index in [9.17, 15) is 23.6 Å². The molecule has 0 spiro atoms. The minimum absolute atomic E-state index is 0.0861. The number of ether oxygens (including phenoxy) is 1. The molecule has 2 amide bonds. The second-order valence-corrected chi connectivity index (χ2v) is 9.21. The normalized spacial score (nSPS) is 17.1. The molecule has 9 nitrogen and oxygen atoms in total. The van der Waals surface area contributed by atoms with Crippen LogP contribution in [0.4, 0.5) is 15.8 Å². The smallest absolute Gasteiger partial charge is 0.320 e. The number of aromatic nitrogens is 1. The Labute approximate surface area is 223 Å². The van der Waals surface area contributed by atoms with Crippen LogP contribution >= 0.6 is 11.6 Å². The van der Waals surface area contributed by atoms with Crippen molar-refractivity contribution in [2.75, 3.05) is 36.9 Å². The molecule has 1 aromatic heterocycles. The SMILES string of the molecule is CCOC(=O)CN1C[C@@H](C(=O)Nc2ccc(Cl)cc2)[C@H](C(=O)Nc2ccc(-n3ccccc3=O)cc2F)C1. The van der Waals surface area contributed by atoms with Crippen molar-refractivity contribution in [3.8, 4) is 5.69 Å². The fourth-order valence-corrected chi connectivity index (χ4v) is 4.45. The summed E-state index contributed by atoms with van der Waals surface area (Å²) in [7, 11) is 0. The third-order valence-corrected chi connectivity index (χ3v) is 6.40. The maximum atomic E-state index is 14.9. The lowest BCUT2D eigenvalue weighted by Crippen LogP contribution is -2.35. The van der Waals surface area contributed by atoms with Crippen LogP contribution in [0.15, 0.2) is 71.7 Å². The standard InChI is InChI=1S/C27H26ClFN4O5/c1-2-38-25(35)16-32-14-20(26(36)30-18-8-6-17(28)7-9-18)21(15-32)27(37)31-23-11-10-19(13-22(23)29)33-12-4-3-5-24(33)34/h3-13,20-21H,2,14-16H2,1H3,(H,30,36)(H,31,37)/t20-,21-/m1/s1. The average Bonchev–Trinajstić information content (AvgIpc) is 3.31. The van der Waals surface area contributed by atoms with Crippen LogP contribution in [0.5, 0.6) is 0 Å². The molecule has 38 heavy (non-hydrogen) atoms. The highest BCUT2D eigenvalue weighted by atomic mass is 35.5. The number of esters is 1. The summed E-state index contributed by atoms with van der Waals surface area (Å²) in [5.74, 6) is -3.88. The Hall–Kier alpha value is -4.02. The van der Waals surface area contributed by atoms with E-state index in [0.29, 0.717) is 16.4 Å². The van der Waals surface area contributed by atoms with Crippen molar-refractivity contribution >= 4 is 40.8 Å². The Balaban J connectivity index is 1.52. The third kappa shape index (κ3) is 6.45. The van der Waals surface area contributed by atoms with Gasteiger partial charge in [0.1, 0.15) is 5.82 Å². The van der Waals surface area contributed by atoms with Crippen molar-refractivity contribution in [3.05, 3.63) is 88.1 Å². The van der Waals surface area contributed by atoms with Crippen molar-refractivity contribution < 1.29 is 23.5 Å². The number of nitrogens with zero attached hydrogens (tertiary/aromatic N) is 2. The number of likely N-dealkylation sites (tertiary alicyclic amines) is 1. The Morgan fingerprint density at radius 1 is 1.00 bits per heavy atom. The zero-order valence-electron chi connectivity index (χ0n) is 20.5. The van der Waals surface area contributed by atoms with E-state index in [1.807, 2.05) is 0 Å². The molecule has 11 heteroatoms. The van der Waals surface area contributed by atoms with E-state index in [1.165, 1.54) is 29.0 Å². The van der Waals surface area contributed by atoms with Gasteiger partial charge < -0.3 is 15.4 Å². The minimum Gasteiger partial charge on any atom is -0.465 e. The van der Waals surface area contributed by atoms with Crippen molar-refractivity contribution in [2.24, 2.45) is 11.8 Å². The minimum atomic E-state index is -0.868. The van der Waals surface area contributed by atoms with Gasteiger partial charge >= 0.3 is 5.97 Å². The van der Waals surface area contributed by atoms with Gasteiger partial charge in [0.2, 0.25) is 11.8 Å². The maximum absolute atomic E-state index is 14.9. The molecule has 2 N–H and O–H groups in total. The molecule has 2 atom stereocenters. The number of nitrogens with one attached hydrogen (secondary N) is 2. The number of carbonyl (C=O) groups is 3. The van der Waals surface area contributed by atoms with E-state index in [1.54, 1.807) is 48.2 Å². The van der Waals surface area contributed by atoms with Crippen LogP contribution in [-0.4, -0.2) is 53.5 Å². The highest BCUT2D eigenvalue weighted by Gasteiger charge is 2.42. The number of benzene rings is 2. The molecule has 4 rings (SSSR count). The lowest BCUT2D eigenvalue weighted by Gasteiger charge is -2.18. The number of carbonyl (C=O) groups excluding carboxylic acids is 3. The van der Waals surface area contributed by atoms with Crippen LogP contribution in [0.25, 0.3) is 5.69 Å². The molecule has 0 aliphatic carbocycles. The number of amides is 2. The topological polar surface area (TPSA) is 110 Å². The first kappa shape index (κ1) is 27.0. The van der Waals surface area contributed by atoms with Gasteiger partial charge in [-0.2, -0.15) is 0 Å². The lowest BCUT2D eigenvalue weighted by atomic mass is 9.94. The molecule has 3 aromatic rings. The molecule has 2 heterocycles. The van der Waals surface area contributed by atoms with E-state index < -0.39 is 35.4 Å². The highest BCUT2D eigenvalue weighted by Crippen LogP contribution is 2.28. The zero-order valence-corrected chi connectivity index (χ0v) is 21.3. The van der Waals surface area contributed by atoms with Gasteiger partial charge in [0, 0.05) is 42.1 Å². The molecule has 0 unspecified atom stereocenters. The maximum Gasteiger partial charge on any atom is 0.320 e. The molecule has 1 saturated heterocycles. The first-order valence-electron chi connectivity index (χ1n) is 12.0.